The summed E-state index contributed by atoms with van der Waals surface area (Å²) in [5.41, 5.74) is 1.25. The summed E-state index contributed by atoms with van der Waals surface area (Å²) in [4.78, 5) is 20.0. The van der Waals surface area contributed by atoms with Crippen LogP contribution in [0, 0.1) is 0 Å². The third kappa shape index (κ3) is 6.90. The van der Waals surface area contributed by atoms with E-state index in [-0.39, 0.29) is 5.91 Å². The SMILES string of the molecule is CCNC(=NCCC(=O)NC1CCCC1)N(C)Cc1ccc(SC)cc1. The number of aliphatic imine (C=N–C) groups is 1. The fraction of sp³-hybridized carbons (Fsp3) is 0.600. The van der Waals surface area contributed by atoms with Crippen LogP contribution in [0.15, 0.2) is 34.2 Å². The van der Waals surface area contributed by atoms with Gasteiger partial charge in [-0.3, -0.25) is 9.79 Å². The predicted octanol–water partition coefficient (Wildman–Crippen LogP) is 3.25. The van der Waals surface area contributed by atoms with E-state index in [1.165, 1.54) is 23.3 Å². The lowest BCUT2D eigenvalue weighted by atomic mass is 10.2. The molecule has 1 aliphatic carbocycles. The smallest absolute Gasteiger partial charge is 0.222 e. The summed E-state index contributed by atoms with van der Waals surface area (Å²) in [5.74, 6) is 0.960. The Hall–Kier alpha value is -1.69. The highest BCUT2D eigenvalue weighted by molar-refractivity contribution is 7.98. The molecule has 0 heterocycles. The highest BCUT2D eigenvalue weighted by atomic mass is 32.2. The molecule has 0 unspecified atom stereocenters. The molecule has 0 spiro atoms. The Morgan fingerprint density at radius 2 is 1.96 bits per heavy atom. The van der Waals surface area contributed by atoms with Crippen LogP contribution in [0.4, 0.5) is 0 Å². The van der Waals surface area contributed by atoms with Gasteiger partial charge in [0.25, 0.3) is 0 Å². The van der Waals surface area contributed by atoms with Gasteiger partial charge in [-0.2, -0.15) is 0 Å². The first-order valence-electron chi connectivity index (χ1n) is 9.54. The van der Waals surface area contributed by atoms with E-state index in [1.54, 1.807) is 11.8 Å². The number of guanidine groups is 1. The molecule has 26 heavy (non-hydrogen) atoms. The van der Waals surface area contributed by atoms with E-state index in [0.717, 1.165) is 31.9 Å². The van der Waals surface area contributed by atoms with E-state index in [9.17, 15) is 4.79 Å². The summed E-state index contributed by atoms with van der Waals surface area (Å²) in [6.07, 6.45) is 7.24. The second kappa shape index (κ2) is 11.1. The van der Waals surface area contributed by atoms with Crippen molar-refractivity contribution in [2.45, 2.75) is 56.5 Å². The van der Waals surface area contributed by atoms with Gasteiger partial charge in [-0.25, -0.2) is 0 Å². The normalized spacial score (nSPS) is 15.1. The second-order valence-electron chi connectivity index (χ2n) is 6.74. The molecule has 6 heteroatoms. The fourth-order valence-electron chi connectivity index (χ4n) is 3.18. The van der Waals surface area contributed by atoms with Crippen LogP contribution in [-0.4, -0.2) is 49.2 Å². The van der Waals surface area contributed by atoms with Crippen LogP contribution < -0.4 is 10.6 Å². The predicted molar refractivity (Wildman–Crippen MR) is 111 cm³/mol. The summed E-state index contributed by atoms with van der Waals surface area (Å²) >= 11 is 1.75. The van der Waals surface area contributed by atoms with E-state index in [4.69, 9.17) is 0 Å². The standard InChI is InChI=1S/C20H32N4OS/c1-4-21-20(22-14-13-19(25)23-17-7-5-6-8-17)24(2)15-16-9-11-18(26-3)12-10-16/h9-12,17H,4-8,13-15H2,1-3H3,(H,21,22)(H,23,25). The second-order valence-corrected chi connectivity index (χ2v) is 7.62. The number of rotatable bonds is 8. The molecule has 1 aliphatic rings. The van der Waals surface area contributed by atoms with Crippen molar-refractivity contribution in [1.29, 1.82) is 0 Å². The minimum atomic E-state index is 0.117. The van der Waals surface area contributed by atoms with E-state index in [0.29, 0.717) is 19.0 Å². The van der Waals surface area contributed by atoms with Crippen LogP contribution in [-0.2, 0) is 11.3 Å². The van der Waals surface area contributed by atoms with Crippen molar-refractivity contribution in [3.05, 3.63) is 29.8 Å². The topological polar surface area (TPSA) is 56.7 Å². The average Bonchev–Trinajstić information content (AvgIpc) is 3.14. The van der Waals surface area contributed by atoms with Crippen LogP contribution in [0.1, 0.15) is 44.6 Å². The lowest BCUT2D eigenvalue weighted by Crippen LogP contribution is -2.39. The Kier molecular flexibility index (Phi) is 8.81. The molecule has 1 fully saturated rings. The molecule has 2 N–H and O–H groups in total. The first kappa shape index (κ1) is 20.6. The van der Waals surface area contributed by atoms with Crippen molar-refractivity contribution in [3.8, 4) is 0 Å². The van der Waals surface area contributed by atoms with Gasteiger partial charge >= 0.3 is 0 Å². The van der Waals surface area contributed by atoms with Crippen molar-refractivity contribution in [2.75, 3.05) is 26.4 Å². The number of carbonyl (C=O) groups excluding carboxylic acids is 1. The molecule has 0 atom stereocenters. The molecule has 1 aromatic carbocycles. The molecular formula is C20H32N4OS. The Morgan fingerprint density at radius 1 is 1.27 bits per heavy atom. The highest BCUT2D eigenvalue weighted by Gasteiger charge is 2.16. The molecule has 0 bridgehead atoms. The lowest BCUT2D eigenvalue weighted by molar-refractivity contribution is -0.121. The quantitative estimate of drug-likeness (QED) is 0.415. The van der Waals surface area contributed by atoms with Gasteiger partial charge in [0.2, 0.25) is 5.91 Å². The van der Waals surface area contributed by atoms with Crippen molar-refractivity contribution in [1.82, 2.24) is 15.5 Å². The van der Waals surface area contributed by atoms with Gasteiger partial charge in [0.05, 0.1) is 6.54 Å². The molecule has 0 saturated heterocycles. The Labute approximate surface area is 162 Å². The fourth-order valence-corrected chi connectivity index (χ4v) is 3.59. The molecule has 2 rings (SSSR count). The summed E-state index contributed by atoms with van der Waals surface area (Å²) in [7, 11) is 2.03. The van der Waals surface area contributed by atoms with Crippen LogP contribution >= 0.6 is 11.8 Å². The third-order valence-electron chi connectivity index (χ3n) is 4.60. The summed E-state index contributed by atoms with van der Waals surface area (Å²) in [6.45, 7) is 4.16. The molecule has 1 aromatic rings. The molecule has 1 amide bonds. The number of hydrogen-bond donors (Lipinski definition) is 2. The molecule has 0 radical (unpaired) electrons. The van der Waals surface area contributed by atoms with Gasteiger partial charge in [0.15, 0.2) is 5.96 Å². The number of hydrogen-bond acceptors (Lipinski definition) is 3. The number of nitrogens with one attached hydrogen (secondary N) is 2. The van der Waals surface area contributed by atoms with Gasteiger partial charge in [-0.1, -0.05) is 25.0 Å². The summed E-state index contributed by atoms with van der Waals surface area (Å²) in [6, 6.07) is 8.98. The Morgan fingerprint density at radius 3 is 2.58 bits per heavy atom. The molecule has 0 aromatic heterocycles. The zero-order valence-electron chi connectivity index (χ0n) is 16.3. The largest absolute Gasteiger partial charge is 0.357 e. The van der Waals surface area contributed by atoms with Crippen molar-refractivity contribution < 1.29 is 4.79 Å². The van der Waals surface area contributed by atoms with E-state index < -0.39 is 0 Å². The Bertz CT molecular complexity index is 582. The average molecular weight is 377 g/mol. The number of amides is 1. The first-order chi connectivity index (χ1) is 12.6. The molecule has 0 aliphatic heterocycles. The third-order valence-corrected chi connectivity index (χ3v) is 5.34. The highest BCUT2D eigenvalue weighted by Crippen LogP contribution is 2.17. The maximum Gasteiger partial charge on any atom is 0.222 e. The summed E-state index contributed by atoms with van der Waals surface area (Å²) < 4.78 is 0. The van der Waals surface area contributed by atoms with Crippen molar-refractivity contribution in [3.63, 3.8) is 0 Å². The lowest BCUT2D eigenvalue weighted by Gasteiger charge is -2.22. The van der Waals surface area contributed by atoms with Crippen molar-refractivity contribution >= 4 is 23.6 Å². The van der Waals surface area contributed by atoms with Crippen LogP contribution in [0.2, 0.25) is 0 Å². The number of carbonyl (C=O) groups is 1. The zero-order valence-corrected chi connectivity index (χ0v) is 17.1. The van der Waals surface area contributed by atoms with Gasteiger partial charge < -0.3 is 15.5 Å². The molecule has 5 nitrogen and oxygen atoms in total. The monoisotopic (exact) mass is 376 g/mol. The molecule has 1 saturated carbocycles. The van der Waals surface area contributed by atoms with E-state index in [1.807, 2.05) is 7.05 Å². The number of benzene rings is 1. The first-order valence-corrected chi connectivity index (χ1v) is 10.8. The molecule has 144 valence electrons. The zero-order chi connectivity index (χ0) is 18.8. The minimum Gasteiger partial charge on any atom is -0.357 e. The van der Waals surface area contributed by atoms with Crippen molar-refractivity contribution in [2.24, 2.45) is 4.99 Å². The van der Waals surface area contributed by atoms with E-state index >= 15 is 0 Å². The number of thioether (sulfide) groups is 1. The van der Waals surface area contributed by atoms with E-state index in [2.05, 4.69) is 58.0 Å². The van der Waals surface area contributed by atoms with Crippen LogP contribution in [0.25, 0.3) is 0 Å². The molecular weight excluding hydrogens is 344 g/mol. The van der Waals surface area contributed by atoms with Crippen LogP contribution in [0.3, 0.4) is 0 Å². The van der Waals surface area contributed by atoms with Crippen LogP contribution in [0.5, 0.6) is 0 Å². The number of nitrogens with zero attached hydrogens (tertiary/aromatic N) is 2. The van der Waals surface area contributed by atoms with Gasteiger partial charge in [0.1, 0.15) is 0 Å². The maximum absolute atomic E-state index is 12.0. The minimum absolute atomic E-state index is 0.117. The van der Waals surface area contributed by atoms with Gasteiger partial charge in [-0.05, 0) is 43.7 Å². The Balaban J connectivity index is 1.84. The maximum atomic E-state index is 12.0. The van der Waals surface area contributed by atoms with Gasteiger partial charge in [-0.15, -0.1) is 11.8 Å². The van der Waals surface area contributed by atoms with Gasteiger partial charge in [0, 0.05) is 37.5 Å². The summed E-state index contributed by atoms with van der Waals surface area (Å²) in [5, 5.41) is 6.43.